The van der Waals surface area contributed by atoms with Crippen LogP contribution in [-0.2, 0) is 4.74 Å². The minimum Gasteiger partial charge on any atom is -0.543 e. The molecule has 0 bridgehead atoms. The van der Waals surface area contributed by atoms with Crippen LogP contribution in [0.5, 0.6) is 5.75 Å². The molecule has 1 fully saturated rings. The van der Waals surface area contributed by atoms with Crippen molar-refractivity contribution >= 4 is 31.1 Å². The number of amides is 1. The van der Waals surface area contributed by atoms with Crippen LogP contribution in [-0.4, -0.2) is 38.1 Å². The Balaban J connectivity index is 2.08. The van der Waals surface area contributed by atoms with Gasteiger partial charge in [-0.05, 0) is 76.7 Å². The van der Waals surface area contributed by atoms with Gasteiger partial charge in [-0.15, -0.1) is 0 Å². The van der Waals surface area contributed by atoms with Crippen molar-refractivity contribution in [2.24, 2.45) is 0 Å². The molecule has 1 aromatic heterocycles. The van der Waals surface area contributed by atoms with Crippen LogP contribution >= 0.6 is 0 Å². The van der Waals surface area contributed by atoms with Crippen molar-refractivity contribution in [3.63, 3.8) is 0 Å². The van der Waals surface area contributed by atoms with E-state index >= 15 is 0 Å². The number of quaternary nitrogens is 1. The molecule has 0 atom stereocenters. The van der Waals surface area contributed by atoms with Gasteiger partial charge in [-0.3, -0.25) is 0 Å². The fourth-order valence-electron chi connectivity index (χ4n) is 3.96. The highest BCUT2D eigenvalue weighted by molar-refractivity contribution is 6.74. The highest BCUT2D eigenvalue weighted by Gasteiger charge is 2.45. The van der Waals surface area contributed by atoms with Gasteiger partial charge in [0.1, 0.15) is 11.4 Å². The first-order valence-corrected chi connectivity index (χ1v) is 14.6. The number of carbonyl (C=O) groups excluding carboxylic acids is 1. The lowest BCUT2D eigenvalue weighted by molar-refractivity contribution is 0.0263. The van der Waals surface area contributed by atoms with Crippen molar-refractivity contribution in [3.8, 4) is 5.75 Å². The van der Waals surface area contributed by atoms with Gasteiger partial charge in [0.2, 0.25) is 5.82 Å². The third-order valence-corrected chi connectivity index (χ3v) is 11.2. The SMILES string of the molecule is CC(C)(C)OC(=O)[N+]1(c2cc3c(O[Si](C)(C)C(C)(C)C)cccc3[nH]2)CCCCCC1. The molecular formula is C25H41N2O3Si+. The van der Waals surface area contributed by atoms with Crippen LogP contribution < -0.4 is 8.91 Å². The molecule has 1 N–H and O–H groups in total. The number of fused-ring (bicyclic) bond motifs is 1. The molecule has 0 aliphatic carbocycles. The van der Waals surface area contributed by atoms with Gasteiger partial charge < -0.3 is 14.1 Å². The zero-order chi connectivity index (χ0) is 23.1. The Morgan fingerprint density at radius 2 is 1.61 bits per heavy atom. The molecule has 2 aromatic rings. The molecule has 172 valence electrons. The average Bonchev–Trinajstić information content (AvgIpc) is 2.90. The summed E-state index contributed by atoms with van der Waals surface area (Å²) in [7, 11) is -1.98. The maximum Gasteiger partial charge on any atom is 0.522 e. The fourth-order valence-corrected chi connectivity index (χ4v) is 4.99. The second-order valence-electron chi connectivity index (χ2n) is 11.5. The van der Waals surface area contributed by atoms with Gasteiger partial charge in [-0.2, -0.15) is 9.28 Å². The molecule has 2 heterocycles. The second-order valence-corrected chi connectivity index (χ2v) is 16.3. The third-order valence-electron chi connectivity index (χ3n) is 6.82. The van der Waals surface area contributed by atoms with Gasteiger partial charge in [0.05, 0.1) is 18.6 Å². The monoisotopic (exact) mass is 445 g/mol. The van der Waals surface area contributed by atoms with E-state index in [1.807, 2.05) is 26.8 Å². The molecule has 1 amide bonds. The third kappa shape index (κ3) is 5.01. The van der Waals surface area contributed by atoms with E-state index in [0.29, 0.717) is 0 Å². The fraction of sp³-hybridized carbons (Fsp3) is 0.640. The molecule has 6 heteroatoms. The van der Waals surface area contributed by atoms with Crippen molar-refractivity contribution in [3.05, 3.63) is 24.3 Å². The molecule has 0 radical (unpaired) electrons. The number of nitrogens with one attached hydrogen (secondary N) is 1. The maximum absolute atomic E-state index is 13.5. The highest BCUT2D eigenvalue weighted by Crippen LogP contribution is 2.41. The number of aromatic amines is 1. The lowest BCUT2D eigenvalue weighted by atomic mass is 10.2. The first kappa shape index (κ1) is 23.9. The Labute approximate surface area is 188 Å². The van der Waals surface area contributed by atoms with Crippen LogP contribution in [0.2, 0.25) is 18.1 Å². The van der Waals surface area contributed by atoms with Crippen molar-refractivity contribution in [2.75, 3.05) is 13.1 Å². The minimum atomic E-state index is -1.98. The van der Waals surface area contributed by atoms with Crippen molar-refractivity contribution < 1.29 is 14.0 Å². The number of aromatic nitrogens is 1. The van der Waals surface area contributed by atoms with E-state index in [2.05, 4.69) is 57.0 Å². The summed E-state index contributed by atoms with van der Waals surface area (Å²) in [5.74, 6) is 1.82. The molecule has 5 nitrogen and oxygen atoms in total. The molecule has 3 rings (SSSR count). The Morgan fingerprint density at radius 1 is 1.00 bits per heavy atom. The summed E-state index contributed by atoms with van der Waals surface area (Å²) >= 11 is 0. The van der Waals surface area contributed by atoms with Gasteiger partial charge in [0.15, 0.2) is 0 Å². The van der Waals surface area contributed by atoms with Gasteiger partial charge in [-0.25, -0.2) is 0 Å². The van der Waals surface area contributed by atoms with Crippen molar-refractivity contribution in [1.29, 1.82) is 0 Å². The smallest absolute Gasteiger partial charge is 0.522 e. The van der Waals surface area contributed by atoms with E-state index in [4.69, 9.17) is 9.16 Å². The quantitative estimate of drug-likeness (QED) is 0.396. The molecular weight excluding hydrogens is 404 g/mol. The summed E-state index contributed by atoms with van der Waals surface area (Å²) < 4.78 is 12.8. The van der Waals surface area contributed by atoms with Crippen LogP contribution in [0.4, 0.5) is 10.6 Å². The summed E-state index contributed by atoms with van der Waals surface area (Å²) in [4.78, 5) is 17.1. The highest BCUT2D eigenvalue weighted by atomic mass is 28.4. The molecule has 1 aliphatic heterocycles. The van der Waals surface area contributed by atoms with Gasteiger partial charge in [0, 0.05) is 11.5 Å². The molecule has 31 heavy (non-hydrogen) atoms. The number of rotatable bonds is 3. The van der Waals surface area contributed by atoms with Gasteiger partial charge in [-0.1, -0.05) is 26.8 Å². The molecule has 0 unspecified atom stereocenters. The van der Waals surface area contributed by atoms with E-state index in [1.54, 1.807) is 0 Å². The van der Waals surface area contributed by atoms with Crippen molar-refractivity contribution in [1.82, 2.24) is 9.47 Å². The number of nitrogens with zero attached hydrogens (tertiary/aromatic N) is 1. The van der Waals surface area contributed by atoms with E-state index in [1.165, 1.54) is 0 Å². The number of H-pyrrole nitrogens is 1. The Kier molecular flexibility index (Phi) is 6.38. The summed E-state index contributed by atoms with van der Waals surface area (Å²) in [6.07, 6.45) is 4.18. The summed E-state index contributed by atoms with van der Waals surface area (Å²) in [6, 6.07) is 8.29. The Morgan fingerprint density at radius 3 is 2.16 bits per heavy atom. The zero-order valence-corrected chi connectivity index (χ0v) is 21.7. The van der Waals surface area contributed by atoms with Crippen LogP contribution in [0.15, 0.2) is 24.3 Å². The molecule has 1 aliphatic rings. The van der Waals surface area contributed by atoms with Gasteiger partial charge >= 0.3 is 6.09 Å². The first-order valence-electron chi connectivity index (χ1n) is 11.7. The van der Waals surface area contributed by atoms with E-state index in [0.717, 1.165) is 61.2 Å². The predicted octanol–water partition coefficient (Wildman–Crippen LogP) is 7.37. The summed E-state index contributed by atoms with van der Waals surface area (Å²) in [5, 5.41) is 1.16. The standard InChI is InChI=1S/C25H41N2O3Si/c1-24(2,3)29-23(28)27(16-11-9-10-12-17-27)22-18-19-20(26-22)14-13-15-21(19)30-31(7,8)25(4,5)6/h13-15,18,26H,9-12,16-17H2,1-8H3/q+1. The molecule has 0 spiro atoms. The largest absolute Gasteiger partial charge is 0.543 e. The number of carbonyl (C=O) groups is 1. The predicted molar refractivity (Wildman–Crippen MR) is 132 cm³/mol. The number of hydrogen-bond donors (Lipinski definition) is 1. The second kappa shape index (κ2) is 8.28. The normalized spacial score (nSPS) is 17.9. The van der Waals surface area contributed by atoms with Crippen molar-refractivity contribution in [2.45, 2.75) is 91.0 Å². The van der Waals surface area contributed by atoms with Crippen LogP contribution in [0.1, 0.15) is 67.2 Å². The zero-order valence-electron chi connectivity index (χ0n) is 20.7. The Bertz CT molecular complexity index is 926. The maximum atomic E-state index is 13.5. The number of likely N-dealkylation sites (tertiary alicyclic amines) is 1. The Hall–Kier alpha value is -1.79. The van der Waals surface area contributed by atoms with E-state index in [9.17, 15) is 4.79 Å². The van der Waals surface area contributed by atoms with E-state index in [-0.39, 0.29) is 15.6 Å². The van der Waals surface area contributed by atoms with Crippen LogP contribution in [0.25, 0.3) is 10.9 Å². The van der Waals surface area contributed by atoms with Crippen LogP contribution in [0.3, 0.4) is 0 Å². The average molecular weight is 446 g/mol. The van der Waals surface area contributed by atoms with Gasteiger partial charge in [0.25, 0.3) is 8.32 Å². The lowest BCUT2D eigenvalue weighted by Gasteiger charge is -2.36. The van der Waals surface area contributed by atoms with E-state index < -0.39 is 13.9 Å². The summed E-state index contributed by atoms with van der Waals surface area (Å²) in [5.41, 5.74) is 0.494. The number of benzene rings is 1. The first-order chi connectivity index (χ1) is 14.3. The number of ether oxygens (including phenoxy) is 1. The number of hydrogen-bond acceptors (Lipinski definition) is 3. The molecule has 0 saturated carbocycles. The molecule has 1 saturated heterocycles. The van der Waals surface area contributed by atoms with Crippen LogP contribution in [0, 0.1) is 0 Å². The molecule has 1 aromatic carbocycles. The minimum absolute atomic E-state index is 0.114. The summed E-state index contributed by atoms with van der Waals surface area (Å²) in [6.45, 7) is 18.6. The lowest BCUT2D eigenvalue weighted by Crippen LogP contribution is -2.56. The topological polar surface area (TPSA) is 51.3 Å².